The summed E-state index contributed by atoms with van der Waals surface area (Å²) < 4.78 is 0. The van der Waals surface area contributed by atoms with Crippen LogP contribution in [0.25, 0.3) is 0 Å². The first-order valence-corrected chi connectivity index (χ1v) is 5.17. The zero-order valence-corrected chi connectivity index (χ0v) is 12.3. The molecular formula is C10H13N4OY-. The third kappa shape index (κ3) is 1.56. The summed E-state index contributed by atoms with van der Waals surface area (Å²) in [6.07, 6.45) is 2.93. The number of rotatable bonds is 2. The van der Waals surface area contributed by atoms with E-state index in [1.54, 1.807) is 6.92 Å². The molecule has 6 heteroatoms. The minimum Gasteiger partial charge on any atom is -0.366 e. The van der Waals surface area contributed by atoms with Gasteiger partial charge in [0.1, 0.15) is 0 Å². The van der Waals surface area contributed by atoms with Gasteiger partial charge in [0, 0.05) is 50.6 Å². The Balaban J connectivity index is 0.000000963. The molecule has 16 heavy (non-hydrogen) atoms. The predicted molar refractivity (Wildman–Crippen MR) is 52.2 cm³/mol. The first-order valence-electron chi connectivity index (χ1n) is 5.17. The first kappa shape index (κ1) is 12.2. The summed E-state index contributed by atoms with van der Waals surface area (Å²) in [5.74, 6) is 1.66. The average Bonchev–Trinajstić information content (AvgIpc) is 2.40. The molecule has 0 spiro atoms. The fourth-order valence-electron chi connectivity index (χ4n) is 3.07. The molecule has 1 aromatic rings. The molecule has 0 aromatic carbocycles. The van der Waals surface area contributed by atoms with Crippen LogP contribution in [-0.2, 0) is 42.9 Å². The van der Waals surface area contributed by atoms with Crippen LogP contribution in [-0.4, -0.2) is 21.6 Å². The van der Waals surface area contributed by atoms with Crippen LogP contribution in [0.15, 0.2) is 0 Å². The van der Waals surface area contributed by atoms with Gasteiger partial charge in [-0.05, 0) is 37.8 Å². The summed E-state index contributed by atoms with van der Waals surface area (Å²) in [7, 11) is 0. The van der Waals surface area contributed by atoms with Gasteiger partial charge < -0.3 is 20.5 Å². The van der Waals surface area contributed by atoms with Gasteiger partial charge in [0.25, 0.3) is 0 Å². The molecule has 0 saturated heterocycles. The van der Waals surface area contributed by atoms with E-state index in [0.29, 0.717) is 0 Å². The second-order valence-corrected chi connectivity index (χ2v) is 4.95. The van der Waals surface area contributed by atoms with Crippen molar-refractivity contribution < 1.29 is 37.5 Å². The van der Waals surface area contributed by atoms with Gasteiger partial charge in [-0.25, -0.2) is 0 Å². The van der Waals surface area contributed by atoms with Crippen molar-refractivity contribution in [2.24, 2.45) is 0 Å². The van der Waals surface area contributed by atoms with Crippen LogP contribution in [0.1, 0.15) is 37.8 Å². The molecule has 1 radical (unpaired) electrons. The maximum Gasteiger partial charge on any atom is 0.217 e. The molecule has 0 aliphatic heterocycles. The van der Waals surface area contributed by atoms with Crippen molar-refractivity contribution >= 4 is 5.91 Å². The maximum absolute atomic E-state index is 11.0. The number of hydrogen-bond donors (Lipinski definition) is 1. The number of nitrogens with one attached hydrogen (secondary N) is 1. The van der Waals surface area contributed by atoms with Gasteiger partial charge in [-0.2, -0.15) is 0 Å². The number of hydrogen-bond acceptors (Lipinski definition) is 3. The summed E-state index contributed by atoms with van der Waals surface area (Å²) in [6.45, 7) is 3.42. The Labute approximate surface area is 119 Å². The summed E-state index contributed by atoms with van der Waals surface area (Å²) in [5.41, 5.74) is 0.185. The number of aryl methyl sites for hydroxylation is 1. The first-order chi connectivity index (χ1) is 7.04. The fourth-order valence-corrected chi connectivity index (χ4v) is 3.07. The SMILES string of the molecule is CC(=O)NC12CC(c3nnc(C)[n-]3)(C1)C2.[Y]. The molecule has 1 amide bonds. The Morgan fingerprint density at radius 3 is 2.44 bits per heavy atom. The molecule has 3 aliphatic rings. The number of carbonyl (C=O) groups excluding carboxylic acids is 1. The smallest absolute Gasteiger partial charge is 0.217 e. The molecule has 0 atom stereocenters. The zero-order chi connectivity index (χ0) is 10.7. The third-order valence-corrected chi connectivity index (χ3v) is 3.50. The van der Waals surface area contributed by atoms with Crippen molar-refractivity contribution in [2.75, 3.05) is 0 Å². The number of aromatic nitrogens is 3. The second kappa shape index (κ2) is 3.60. The van der Waals surface area contributed by atoms with E-state index >= 15 is 0 Å². The number of nitrogens with zero attached hydrogens (tertiary/aromatic N) is 3. The van der Waals surface area contributed by atoms with Gasteiger partial charge in [0.15, 0.2) is 0 Å². The normalized spacial score (nSPS) is 34.4. The molecule has 1 aromatic heterocycles. The summed E-state index contributed by atoms with van der Waals surface area (Å²) in [4.78, 5) is 15.3. The molecule has 1 N–H and O–H groups in total. The fraction of sp³-hybridized carbons (Fsp3) is 0.700. The zero-order valence-electron chi connectivity index (χ0n) is 9.45. The van der Waals surface area contributed by atoms with E-state index in [1.807, 2.05) is 6.92 Å². The van der Waals surface area contributed by atoms with Crippen LogP contribution in [0.2, 0.25) is 0 Å². The van der Waals surface area contributed by atoms with Crippen molar-refractivity contribution in [3.63, 3.8) is 0 Å². The molecule has 2 bridgehead atoms. The summed E-state index contributed by atoms with van der Waals surface area (Å²) in [6, 6.07) is 0. The molecule has 3 fully saturated rings. The van der Waals surface area contributed by atoms with Crippen LogP contribution in [0.3, 0.4) is 0 Å². The Hall–Kier alpha value is -0.286. The van der Waals surface area contributed by atoms with Crippen molar-refractivity contribution in [1.29, 1.82) is 0 Å². The molecule has 4 rings (SSSR count). The van der Waals surface area contributed by atoms with E-state index in [-0.39, 0.29) is 49.6 Å². The van der Waals surface area contributed by atoms with E-state index in [0.717, 1.165) is 30.9 Å². The van der Waals surface area contributed by atoms with Crippen LogP contribution in [0.4, 0.5) is 0 Å². The van der Waals surface area contributed by atoms with Crippen molar-refractivity contribution in [3.8, 4) is 0 Å². The number of carbonyl (C=O) groups is 1. The Morgan fingerprint density at radius 2 is 2.00 bits per heavy atom. The van der Waals surface area contributed by atoms with Crippen molar-refractivity contribution in [1.82, 2.24) is 20.5 Å². The van der Waals surface area contributed by atoms with Gasteiger partial charge in [0.05, 0.1) is 0 Å². The topological polar surface area (TPSA) is 69.0 Å². The van der Waals surface area contributed by atoms with Crippen LogP contribution in [0.5, 0.6) is 0 Å². The van der Waals surface area contributed by atoms with Crippen LogP contribution >= 0.6 is 0 Å². The maximum atomic E-state index is 11.0. The van der Waals surface area contributed by atoms with Gasteiger partial charge in [-0.1, -0.05) is 0 Å². The van der Waals surface area contributed by atoms with Gasteiger partial charge in [-0.3, -0.25) is 4.79 Å². The Kier molecular flexibility index (Phi) is 2.74. The second-order valence-electron chi connectivity index (χ2n) is 4.95. The monoisotopic (exact) mass is 294 g/mol. The van der Waals surface area contributed by atoms with Crippen molar-refractivity contribution in [2.45, 2.75) is 44.1 Å². The minimum absolute atomic E-state index is 0. The van der Waals surface area contributed by atoms with E-state index < -0.39 is 0 Å². The van der Waals surface area contributed by atoms with Gasteiger partial charge in [-0.15, -0.1) is 0 Å². The quantitative estimate of drug-likeness (QED) is 0.837. The largest absolute Gasteiger partial charge is 0.366 e. The number of amides is 1. The van der Waals surface area contributed by atoms with Crippen LogP contribution < -0.4 is 10.3 Å². The van der Waals surface area contributed by atoms with Gasteiger partial charge >= 0.3 is 0 Å². The van der Waals surface area contributed by atoms with E-state index in [2.05, 4.69) is 20.5 Å². The Morgan fingerprint density at radius 1 is 1.38 bits per heavy atom. The molecule has 3 saturated carbocycles. The molecular weight excluding hydrogens is 281 g/mol. The molecule has 83 valence electrons. The summed E-state index contributed by atoms with van der Waals surface area (Å²) >= 11 is 0. The van der Waals surface area contributed by atoms with Crippen LogP contribution in [0, 0.1) is 6.92 Å². The van der Waals surface area contributed by atoms with E-state index in [9.17, 15) is 4.79 Å². The molecule has 0 unspecified atom stereocenters. The minimum atomic E-state index is 0. The summed E-state index contributed by atoms with van der Waals surface area (Å²) in [5, 5.41) is 11.0. The van der Waals surface area contributed by atoms with Gasteiger partial charge in [0.2, 0.25) is 5.91 Å². The average molecular weight is 294 g/mol. The third-order valence-electron chi connectivity index (χ3n) is 3.50. The van der Waals surface area contributed by atoms with E-state index in [4.69, 9.17) is 0 Å². The predicted octanol–water partition coefficient (Wildman–Crippen LogP) is 0.0499. The molecule has 3 aliphatic carbocycles. The van der Waals surface area contributed by atoms with E-state index in [1.165, 1.54) is 0 Å². The standard InChI is InChI=1S/C10H14N4O.Y/c1-6-11-8(14-13-6)9-3-10(4-9,5-9)12-7(2)15;/h3-5H2,1-2H3,(H2,11,12,13,14,15);/p-1. The van der Waals surface area contributed by atoms with Crippen molar-refractivity contribution in [3.05, 3.63) is 11.6 Å². The Bertz CT molecular complexity index is 422. The molecule has 1 heterocycles. The molecule has 5 nitrogen and oxygen atoms in total.